The monoisotopic (exact) mass is 359 g/mol. The molecule has 0 aliphatic carbocycles. The number of hydrogen-bond acceptors (Lipinski definition) is 2. The summed E-state index contributed by atoms with van der Waals surface area (Å²) in [5, 5.41) is 7.86. The Bertz CT molecular complexity index is 901. The molecule has 0 spiro atoms. The Morgan fingerprint density at radius 3 is 2.50 bits per heavy atom. The largest absolute Gasteiger partial charge is 0.306 e. The molecule has 4 nitrogen and oxygen atoms in total. The predicted octanol–water partition coefficient (Wildman–Crippen LogP) is 5.05. The summed E-state index contributed by atoms with van der Waals surface area (Å²) < 4.78 is 1.69. The number of nitrogens with zero attached hydrogens (tertiary/aromatic N) is 2. The number of carbonyl (C=O) groups excluding carboxylic acids is 1. The van der Waals surface area contributed by atoms with E-state index in [4.69, 9.17) is 23.2 Å². The van der Waals surface area contributed by atoms with Gasteiger partial charge in [0.05, 0.1) is 27.0 Å². The normalized spacial score (nSPS) is 10.7. The second-order valence-electron chi connectivity index (χ2n) is 5.47. The summed E-state index contributed by atoms with van der Waals surface area (Å²) in [6.07, 6.45) is 0. The lowest BCUT2D eigenvalue weighted by molar-refractivity contribution is 0.102. The molecule has 0 bridgehead atoms. The maximum Gasteiger partial charge on any atom is 0.258 e. The van der Waals surface area contributed by atoms with Gasteiger partial charge in [-0.25, -0.2) is 4.68 Å². The molecule has 0 fully saturated rings. The maximum atomic E-state index is 12.5. The first kappa shape index (κ1) is 16.6. The van der Waals surface area contributed by atoms with Crippen molar-refractivity contribution in [2.24, 2.45) is 0 Å². The number of aromatic nitrogens is 2. The van der Waals surface area contributed by atoms with Crippen LogP contribution in [0.5, 0.6) is 0 Å². The highest BCUT2D eigenvalue weighted by atomic mass is 35.5. The van der Waals surface area contributed by atoms with E-state index in [1.807, 2.05) is 38.1 Å². The van der Waals surface area contributed by atoms with Crippen LogP contribution in [0.1, 0.15) is 21.6 Å². The van der Waals surface area contributed by atoms with E-state index >= 15 is 0 Å². The molecule has 2 aromatic carbocycles. The highest BCUT2D eigenvalue weighted by molar-refractivity contribution is 6.44. The molecule has 24 heavy (non-hydrogen) atoms. The Balaban J connectivity index is 1.94. The van der Waals surface area contributed by atoms with Crippen molar-refractivity contribution in [1.29, 1.82) is 0 Å². The van der Waals surface area contributed by atoms with Crippen molar-refractivity contribution >= 4 is 34.9 Å². The van der Waals surface area contributed by atoms with Gasteiger partial charge >= 0.3 is 0 Å². The first-order chi connectivity index (χ1) is 11.5. The van der Waals surface area contributed by atoms with Gasteiger partial charge in [0.2, 0.25) is 0 Å². The molecule has 1 amide bonds. The first-order valence-corrected chi connectivity index (χ1v) is 8.10. The van der Waals surface area contributed by atoms with Crippen LogP contribution in [0.25, 0.3) is 5.69 Å². The van der Waals surface area contributed by atoms with Crippen molar-refractivity contribution in [1.82, 2.24) is 9.78 Å². The topological polar surface area (TPSA) is 46.9 Å². The number of rotatable bonds is 3. The van der Waals surface area contributed by atoms with Crippen molar-refractivity contribution < 1.29 is 4.79 Å². The third kappa shape index (κ3) is 3.30. The molecule has 0 unspecified atom stereocenters. The van der Waals surface area contributed by atoms with Crippen LogP contribution in [0.15, 0.2) is 48.5 Å². The van der Waals surface area contributed by atoms with E-state index in [0.29, 0.717) is 16.4 Å². The average Bonchev–Trinajstić information content (AvgIpc) is 2.91. The van der Waals surface area contributed by atoms with Crippen molar-refractivity contribution in [2.45, 2.75) is 13.8 Å². The molecule has 0 saturated heterocycles. The maximum absolute atomic E-state index is 12.5. The lowest BCUT2D eigenvalue weighted by atomic mass is 10.2. The van der Waals surface area contributed by atoms with Gasteiger partial charge in [0.1, 0.15) is 5.82 Å². The number of hydrogen-bond donors (Lipinski definition) is 1. The quantitative estimate of drug-likeness (QED) is 0.711. The highest BCUT2D eigenvalue weighted by Gasteiger charge is 2.16. The minimum absolute atomic E-state index is 0.231. The van der Waals surface area contributed by atoms with E-state index in [-0.39, 0.29) is 10.9 Å². The minimum atomic E-state index is -0.337. The summed E-state index contributed by atoms with van der Waals surface area (Å²) in [7, 11) is 0. The van der Waals surface area contributed by atoms with Crippen LogP contribution < -0.4 is 5.32 Å². The molecule has 0 radical (unpaired) electrons. The second kappa shape index (κ2) is 6.67. The van der Waals surface area contributed by atoms with Gasteiger partial charge in [-0.1, -0.05) is 47.0 Å². The van der Waals surface area contributed by atoms with Gasteiger partial charge in [0, 0.05) is 6.07 Å². The molecule has 0 aliphatic heterocycles. The molecule has 122 valence electrons. The summed E-state index contributed by atoms with van der Waals surface area (Å²) in [5.41, 5.74) is 3.13. The van der Waals surface area contributed by atoms with Crippen LogP contribution in [-0.4, -0.2) is 15.7 Å². The molecule has 3 aromatic rings. The Kier molecular flexibility index (Phi) is 4.60. The molecule has 3 rings (SSSR count). The molecular formula is C18H15Cl2N3O. The SMILES string of the molecule is Cc1ccc(-n2nc(C)cc2NC(=O)c2cccc(Cl)c2Cl)cc1. The van der Waals surface area contributed by atoms with E-state index < -0.39 is 0 Å². The van der Waals surface area contributed by atoms with Crippen LogP contribution in [-0.2, 0) is 0 Å². The molecule has 1 heterocycles. The molecule has 0 saturated carbocycles. The number of amides is 1. The summed E-state index contributed by atoms with van der Waals surface area (Å²) in [5.74, 6) is 0.230. The number of anilines is 1. The van der Waals surface area contributed by atoms with Crippen LogP contribution >= 0.6 is 23.2 Å². The van der Waals surface area contributed by atoms with Gasteiger partial charge in [-0.3, -0.25) is 4.79 Å². The minimum Gasteiger partial charge on any atom is -0.306 e. The summed E-state index contributed by atoms with van der Waals surface area (Å²) in [6, 6.07) is 14.6. The zero-order valence-corrected chi connectivity index (χ0v) is 14.7. The van der Waals surface area contributed by atoms with Crippen LogP contribution in [0, 0.1) is 13.8 Å². The van der Waals surface area contributed by atoms with Crippen molar-refractivity contribution in [2.75, 3.05) is 5.32 Å². The zero-order chi connectivity index (χ0) is 17.3. The lowest BCUT2D eigenvalue weighted by Crippen LogP contribution is -2.15. The fraction of sp³-hybridized carbons (Fsp3) is 0.111. The van der Waals surface area contributed by atoms with Crippen LogP contribution in [0.2, 0.25) is 10.0 Å². The third-order valence-electron chi connectivity index (χ3n) is 3.55. The van der Waals surface area contributed by atoms with Crippen LogP contribution in [0.3, 0.4) is 0 Å². The van der Waals surface area contributed by atoms with E-state index in [9.17, 15) is 4.79 Å². The van der Waals surface area contributed by atoms with Gasteiger partial charge in [-0.05, 0) is 38.1 Å². The fourth-order valence-corrected chi connectivity index (χ4v) is 2.72. The van der Waals surface area contributed by atoms with Crippen LogP contribution in [0.4, 0.5) is 5.82 Å². The summed E-state index contributed by atoms with van der Waals surface area (Å²) in [6.45, 7) is 3.88. The molecule has 1 aromatic heterocycles. The van der Waals surface area contributed by atoms with E-state index in [2.05, 4.69) is 10.4 Å². The zero-order valence-electron chi connectivity index (χ0n) is 13.2. The summed E-state index contributed by atoms with van der Waals surface area (Å²) in [4.78, 5) is 12.5. The lowest BCUT2D eigenvalue weighted by Gasteiger charge is -2.10. The molecule has 0 aliphatic rings. The van der Waals surface area contributed by atoms with Gasteiger partial charge in [0.25, 0.3) is 5.91 Å². The standard InChI is InChI=1S/C18H15Cl2N3O/c1-11-6-8-13(9-7-11)23-16(10-12(2)22-23)21-18(24)14-4-3-5-15(19)17(14)20/h3-10H,1-2H3,(H,21,24). The number of aryl methyl sites for hydroxylation is 2. The average molecular weight is 360 g/mol. The number of nitrogens with one attached hydrogen (secondary N) is 1. The van der Waals surface area contributed by atoms with Gasteiger partial charge in [-0.15, -0.1) is 0 Å². The van der Waals surface area contributed by atoms with E-state index in [0.717, 1.165) is 16.9 Å². The fourth-order valence-electron chi connectivity index (χ4n) is 2.33. The van der Waals surface area contributed by atoms with Crippen molar-refractivity contribution in [3.63, 3.8) is 0 Å². The van der Waals surface area contributed by atoms with Gasteiger partial charge in [-0.2, -0.15) is 5.10 Å². The molecule has 0 atom stereocenters. The number of carbonyl (C=O) groups is 1. The molecular weight excluding hydrogens is 345 g/mol. The second-order valence-corrected chi connectivity index (χ2v) is 6.26. The van der Waals surface area contributed by atoms with E-state index in [1.165, 1.54) is 0 Å². The number of benzene rings is 2. The Hall–Kier alpha value is -2.30. The smallest absolute Gasteiger partial charge is 0.258 e. The first-order valence-electron chi connectivity index (χ1n) is 7.35. The highest BCUT2D eigenvalue weighted by Crippen LogP contribution is 2.26. The summed E-state index contributed by atoms with van der Waals surface area (Å²) >= 11 is 12.1. The van der Waals surface area contributed by atoms with Crippen molar-refractivity contribution in [3.8, 4) is 5.69 Å². The Morgan fingerprint density at radius 2 is 1.79 bits per heavy atom. The molecule has 6 heteroatoms. The Morgan fingerprint density at radius 1 is 1.08 bits per heavy atom. The third-order valence-corrected chi connectivity index (χ3v) is 4.37. The Labute approximate surface area is 150 Å². The van der Waals surface area contributed by atoms with Gasteiger partial charge < -0.3 is 5.32 Å². The number of halogens is 2. The van der Waals surface area contributed by atoms with E-state index in [1.54, 1.807) is 28.9 Å². The van der Waals surface area contributed by atoms with Gasteiger partial charge in [0.15, 0.2) is 0 Å². The predicted molar refractivity (Wildman–Crippen MR) is 97.5 cm³/mol. The van der Waals surface area contributed by atoms with Crippen molar-refractivity contribution in [3.05, 3.63) is 75.4 Å². The molecule has 1 N–H and O–H groups in total.